The van der Waals surface area contributed by atoms with Crippen LogP contribution >= 0.6 is 0 Å². The fraction of sp³-hybridized carbons (Fsp3) is 0.625. The van der Waals surface area contributed by atoms with E-state index < -0.39 is 0 Å². The highest BCUT2D eigenvalue weighted by Gasteiger charge is 2.15. The van der Waals surface area contributed by atoms with Crippen LogP contribution in [0.1, 0.15) is 25.5 Å². The van der Waals surface area contributed by atoms with E-state index in [-0.39, 0.29) is 12.1 Å². The number of nitrogens with one attached hydrogen (secondary N) is 2. The SMILES string of the molecule is CC(C)OCC(NN)c1cn[nH]c1N. The molecular formula is C8H17N5O. The highest BCUT2D eigenvalue weighted by atomic mass is 16.5. The Balaban J connectivity index is 2.58. The molecule has 1 aromatic heterocycles. The molecule has 6 N–H and O–H groups in total. The van der Waals surface area contributed by atoms with Gasteiger partial charge in [0.05, 0.1) is 24.9 Å². The van der Waals surface area contributed by atoms with Crippen LogP contribution in [0.2, 0.25) is 0 Å². The van der Waals surface area contributed by atoms with Gasteiger partial charge in [-0.1, -0.05) is 0 Å². The van der Waals surface area contributed by atoms with Crippen molar-refractivity contribution in [2.75, 3.05) is 12.3 Å². The van der Waals surface area contributed by atoms with E-state index in [2.05, 4.69) is 15.6 Å². The quantitative estimate of drug-likeness (QED) is 0.392. The normalized spacial score (nSPS) is 13.4. The summed E-state index contributed by atoms with van der Waals surface area (Å²) in [5, 5.41) is 6.46. The van der Waals surface area contributed by atoms with Gasteiger partial charge in [0.15, 0.2) is 0 Å². The molecule has 1 heterocycles. The van der Waals surface area contributed by atoms with E-state index in [1.165, 1.54) is 0 Å². The van der Waals surface area contributed by atoms with Gasteiger partial charge in [0.2, 0.25) is 0 Å². The molecule has 0 saturated heterocycles. The molecule has 0 amide bonds. The first-order valence-electron chi connectivity index (χ1n) is 4.51. The monoisotopic (exact) mass is 199 g/mol. The number of rotatable bonds is 5. The Morgan fingerprint density at radius 3 is 2.79 bits per heavy atom. The number of nitrogen functional groups attached to an aromatic ring is 1. The summed E-state index contributed by atoms with van der Waals surface area (Å²) in [6, 6.07) is -0.129. The second-order valence-corrected chi connectivity index (χ2v) is 3.34. The Bertz CT molecular complexity index is 272. The number of nitrogens with zero attached hydrogens (tertiary/aromatic N) is 1. The van der Waals surface area contributed by atoms with Crippen molar-refractivity contribution in [1.82, 2.24) is 15.6 Å². The summed E-state index contributed by atoms with van der Waals surface area (Å²) in [5.41, 5.74) is 9.12. The summed E-state index contributed by atoms with van der Waals surface area (Å²) in [5.74, 6) is 5.91. The minimum atomic E-state index is -0.129. The zero-order chi connectivity index (χ0) is 10.6. The van der Waals surface area contributed by atoms with E-state index in [1.54, 1.807) is 6.20 Å². The topological polar surface area (TPSA) is 102 Å². The number of hydrazine groups is 1. The van der Waals surface area contributed by atoms with Gasteiger partial charge in [-0.05, 0) is 13.8 Å². The highest BCUT2D eigenvalue weighted by molar-refractivity contribution is 5.39. The maximum Gasteiger partial charge on any atom is 0.123 e. The third-order valence-corrected chi connectivity index (χ3v) is 1.87. The van der Waals surface area contributed by atoms with Crippen LogP contribution in [0.4, 0.5) is 5.82 Å². The molecule has 0 radical (unpaired) electrons. The largest absolute Gasteiger partial charge is 0.384 e. The van der Waals surface area contributed by atoms with Crippen molar-refractivity contribution >= 4 is 5.82 Å². The van der Waals surface area contributed by atoms with Crippen LogP contribution in [0.5, 0.6) is 0 Å². The molecule has 1 unspecified atom stereocenters. The van der Waals surface area contributed by atoms with Gasteiger partial charge in [0, 0.05) is 5.56 Å². The van der Waals surface area contributed by atoms with Crippen molar-refractivity contribution in [1.29, 1.82) is 0 Å². The zero-order valence-corrected chi connectivity index (χ0v) is 8.45. The standard InChI is InChI=1S/C8H17N5O/c1-5(2)14-4-7(12-10)6-3-11-13-8(6)9/h3,5,7,12H,4,10H2,1-2H3,(H3,9,11,13). The number of hydrogen-bond acceptors (Lipinski definition) is 5. The molecule has 0 fully saturated rings. The second kappa shape index (κ2) is 4.94. The van der Waals surface area contributed by atoms with Crippen LogP contribution in [-0.4, -0.2) is 22.9 Å². The predicted molar refractivity (Wildman–Crippen MR) is 54.2 cm³/mol. The minimum absolute atomic E-state index is 0.129. The van der Waals surface area contributed by atoms with E-state index in [9.17, 15) is 0 Å². The molecule has 0 aromatic carbocycles. The molecule has 80 valence electrons. The number of nitrogens with two attached hydrogens (primary N) is 2. The predicted octanol–water partition coefficient (Wildman–Crippen LogP) is -0.0787. The van der Waals surface area contributed by atoms with E-state index in [1.807, 2.05) is 13.8 Å². The van der Waals surface area contributed by atoms with Crippen LogP contribution in [0.3, 0.4) is 0 Å². The molecule has 0 aliphatic rings. The van der Waals surface area contributed by atoms with Crippen molar-refractivity contribution in [2.45, 2.75) is 26.0 Å². The maximum absolute atomic E-state index is 5.65. The molecule has 1 atom stereocenters. The van der Waals surface area contributed by atoms with Gasteiger partial charge >= 0.3 is 0 Å². The summed E-state index contributed by atoms with van der Waals surface area (Å²) in [7, 11) is 0. The van der Waals surface area contributed by atoms with Gasteiger partial charge in [-0.2, -0.15) is 5.10 Å². The van der Waals surface area contributed by atoms with E-state index in [0.717, 1.165) is 5.56 Å². The van der Waals surface area contributed by atoms with Crippen molar-refractivity contribution in [3.8, 4) is 0 Å². The van der Waals surface area contributed by atoms with E-state index in [4.69, 9.17) is 16.3 Å². The second-order valence-electron chi connectivity index (χ2n) is 3.34. The first kappa shape index (κ1) is 11.0. The van der Waals surface area contributed by atoms with Crippen LogP contribution in [0.15, 0.2) is 6.20 Å². The van der Waals surface area contributed by atoms with Crippen LogP contribution in [0.25, 0.3) is 0 Å². The number of aromatic amines is 1. The lowest BCUT2D eigenvalue weighted by Crippen LogP contribution is -2.32. The molecule has 6 nitrogen and oxygen atoms in total. The summed E-state index contributed by atoms with van der Waals surface area (Å²) in [4.78, 5) is 0. The molecule has 0 bridgehead atoms. The third kappa shape index (κ3) is 2.69. The van der Waals surface area contributed by atoms with Gasteiger partial charge in [0.25, 0.3) is 0 Å². The number of hydrogen-bond donors (Lipinski definition) is 4. The zero-order valence-electron chi connectivity index (χ0n) is 8.45. The average molecular weight is 199 g/mol. The van der Waals surface area contributed by atoms with Crippen LogP contribution in [0, 0.1) is 0 Å². The fourth-order valence-corrected chi connectivity index (χ4v) is 1.10. The average Bonchev–Trinajstić information content (AvgIpc) is 2.53. The lowest BCUT2D eigenvalue weighted by atomic mass is 10.1. The Morgan fingerprint density at radius 2 is 2.36 bits per heavy atom. The molecule has 0 aliphatic heterocycles. The van der Waals surface area contributed by atoms with Crippen molar-refractivity contribution in [3.63, 3.8) is 0 Å². The van der Waals surface area contributed by atoms with Gasteiger partial charge in [-0.15, -0.1) is 0 Å². The molecule has 0 aliphatic carbocycles. The van der Waals surface area contributed by atoms with Crippen molar-refractivity contribution < 1.29 is 4.74 Å². The summed E-state index contributed by atoms with van der Waals surface area (Å²) >= 11 is 0. The molecule has 14 heavy (non-hydrogen) atoms. The summed E-state index contributed by atoms with van der Waals surface area (Å²) in [6.45, 7) is 4.40. The van der Waals surface area contributed by atoms with Crippen molar-refractivity contribution in [3.05, 3.63) is 11.8 Å². The van der Waals surface area contributed by atoms with Gasteiger partial charge in [0.1, 0.15) is 5.82 Å². The highest BCUT2D eigenvalue weighted by Crippen LogP contribution is 2.17. The number of H-pyrrole nitrogens is 1. The minimum Gasteiger partial charge on any atom is -0.384 e. The number of anilines is 1. The first-order chi connectivity index (χ1) is 6.65. The number of aromatic nitrogens is 2. The van der Waals surface area contributed by atoms with Gasteiger partial charge in [-0.25, -0.2) is 0 Å². The third-order valence-electron chi connectivity index (χ3n) is 1.87. The summed E-state index contributed by atoms with van der Waals surface area (Å²) < 4.78 is 5.43. The first-order valence-corrected chi connectivity index (χ1v) is 4.51. The lowest BCUT2D eigenvalue weighted by Gasteiger charge is -2.16. The molecule has 0 saturated carbocycles. The van der Waals surface area contributed by atoms with E-state index >= 15 is 0 Å². The molecule has 0 spiro atoms. The van der Waals surface area contributed by atoms with E-state index in [0.29, 0.717) is 12.4 Å². The van der Waals surface area contributed by atoms with Crippen molar-refractivity contribution in [2.24, 2.45) is 5.84 Å². The Labute approximate surface area is 83.0 Å². The van der Waals surface area contributed by atoms with Crippen LogP contribution < -0.4 is 17.0 Å². The Kier molecular flexibility index (Phi) is 3.87. The summed E-state index contributed by atoms with van der Waals surface area (Å²) in [6.07, 6.45) is 1.81. The maximum atomic E-state index is 5.65. The molecular weight excluding hydrogens is 182 g/mol. The number of ether oxygens (including phenoxy) is 1. The van der Waals surface area contributed by atoms with Gasteiger partial charge < -0.3 is 10.5 Å². The molecule has 1 rings (SSSR count). The van der Waals surface area contributed by atoms with Crippen LogP contribution in [-0.2, 0) is 4.74 Å². The molecule has 1 aromatic rings. The fourth-order valence-electron chi connectivity index (χ4n) is 1.10. The Morgan fingerprint density at radius 1 is 1.64 bits per heavy atom. The smallest absolute Gasteiger partial charge is 0.123 e. The molecule has 6 heteroatoms. The Hall–Kier alpha value is -1.11. The lowest BCUT2D eigenvalue weighted by molar-refractivity contribution is 0.0613. The van der Waals surface area contributed by atoms with Gasteiger partial charge in [-0.3, -0.25) is 16.4 Å².